The van der Waals surface area contributed by atoms with Crippen LogP contribution in [-0.2, 0) is 31.3 Å². The lowest BCUT2D eigenvalue weighted by Gasteiger charge is -2.28. The van der Waals surface area contributed by atoms with E-state index < -0.39 is 41.4 Å². The second-order valence-corrected chi connectivity index (χ2v) is 11.4. The summed E-state index contributed by atoms with van der Waals surface area (Å²) in [6.07, 6.45) is 2.34. The van der Waals surface area contributed by atoms with Gasteiger partial charge in [0.1, 0.15) is 12.2 Å². The van der Waals surface area contributed by atoms with E-state index in [0.717, 1.165) is 12.8 Å². The van der Waals surface area contributed by atoms with Crippen molar-refractivity contribution in [3.8, 4) is 0 Å². The van der Waals surface area contributed by atoms with Gasteiger partial charge < -0.3 is 40.9 Å². The Bertz CT molecular complexity index is 1440. The predicted octanol–water partition coefficient (Wildman–Crippen LogP) is 1.63. The summed E-state index contributed by atoms with van der Waals surface area (Å²) in [6, 6.07) is 11.2. The quantitative estimate of drug-likeness (QED) is 0.208. The van der Waals surface area contributed by atoms with Crippen molar-refractivity contribution in [2.45, 2.75) is 70.4 Å². The van der Waals surface area contributed by atoms with Crippen molar-refractivity contribution in [1.82, 2.24) is 4.90 Å². The molecule has 0 bridgehead atoms. The molecule has 4 amide bonds. The maximum absolute atomic E-state index is 14.0. The van der Waals surface area contributed by atoms with Crippen molar-refractivity contribution in [2.24, 2.45) is 5.92 Å². The number of nitrogens with one attached hydrogen (secondary N) is 2. The zero-order chi connectivity index (χ0) is 32.2. The molecule has 2 aliphatic rings. The minimum Gasteiger partial charge on any atom is -0.394 e. The van der Waals surface area contributed by atoms with Gasteiger partial charge in [-0.1, -0.05) is 31.2 Å². The molecule has 1 fully saturated rings. The third-order valence-corrected chi connectivity index (χ3v) is 8.12. The molecule has 0 aromatic heterocycles. The van der Waals surface area contributed by atoms with Gasteiger partial charge in [-0.2, -0.15) is 0 Å². The minimum atomic E-state index is -2.06. The topological polar surface area (TPSA) is 180 Å². The molecule has 6 N–H and O–H groups in total. The van der Waals surface area contributed by atoms with Crippen LogP contribution in [0, 0.1) is 5.92 Å². The summed E-state index contributed by atoms with van der Waals surface area (Å²) in [5, 5.41) is 46.0. The van der Waals surface area contributed by atoms with Gasteiger partial charge in [-0.25, -0.2) is 0 Å². The summed E-state index contributed by atoms with van der Waals surface area (Å²) in [6.45, 7) is 4.84. The van der Waals surface area contributed by atoms with Crippen LogP contribution < -0.4 is 15.5 Å². The third kappa shape index (κ3) is 6.83. The number of fused-ring (bicyclic) bond motifs is 1. The first-order valence-corrected chi connectivity index (χ1v) is 14.7. The highest BCUT2D eigenvalue weighted by atomic mass is 16.3. The Kier molecular flexibility index (Phi) is 10.2. The van der Waals surface area contributed by atoms with Gasteiger partial charge >= 0.3 is 0 Å². The Morgan fingerprint density at radius 3 is 2.32 bits per heavy atom. The number of carbonyl (C=O) groups is 4. The molecule has 2 aliphatic heterocycles. The summed E-state index contributed by atoms with van der Waals surface area (Å²) in [5.41, 5.74) is -0.0609. The largest absolute Gasteiger partial charge is 0.394 e. The maximum atomic E-state index is 14.0. The number of amides is 4. The highest BCUT2D eigenvalue weighted by Crippen LogP contribution is 2.47. The number of carbonyl (C=O) groups excluding carboxylic acids is 4. The summed E-state index contributed by atoms with van der Waals surface area (Å²) in [4.78, 5) is 54.0. The van der Waals surface area contributed by atoms with Gasteiger partial charge in [0.25, 0.3) is 17.7 Å². The van der Waals surface area contributed by atoms with Crippen molar-refractivity contribution >= 4 is 40.7 Å². The molecule has 0 saturated carbocycles. The van der Waals surface area contributed by atoms with Gasteiger partial charge in [0.05, 0.1) is 24.9 Å². The zero-order valence-electron chi connectivity index (χ0n) is 25.1. The van der Waals surface area contributed by atoms with E-state index in [4.69, 9.17) is 0 Å². The first kappa shape index (κ1) is 32.8. The van der Waals surface area contributed by atoms with Gasteiger partial charge in [-0.05, 0) is 62.6 Å². The molecular weight excluding hydrogens is 568 g/mol. The highest BCUT2D eigenvalue weighted by Gasteiger charge is 2.52. The fourth-order valence-electron chi connectivity index (χ4n) is 5.59. The zero-order valence-corrected chi connectivity index (χ0v) is 25.1. The van der Waals surface area contributed by atoms with Crippen LogP contribution in [0.5, 0.6) is 0 Å². The van der Waals surface area contributed by atoms with Crippen molar-refractivity contribution in [3.63, 3.8) is 0 Å². The summed E-state index contributed by atoms with van der Waals surface area (Å²) >= 11 is 0. The molecule has 0 radical (unpaired) electrons. The van der Waals surface area contributed by atoms with E-state index in [2.05, 4.69) is 10.6 Å². The number of benzene rings is 2. The Morgan fingerprint density at radius 2 is 1.68 bits per heavy atom. The normalized spacial score (nSPS) is 21.7. The van der Waals surface area contributed by atoms with Crippen LogP contribution >= 0.6 is 0 Å². The smallest absolute Gasteiger partial charge is 0.264 e. The van der Waals surface area contributed by atoms with Gasteiger partial charge in [-0.15, -0.1) is 0 Å². The molecular formula is C32H40N4O8. The van der Waals surface area contributed by atoms with E-state index in [9.17, 15) is 39.6 Å². The molecule has 0 aliphatic carbocycles. The Morgan fingerprint density at radius 1 is 1.02 bits per heavy atom. The number of nitrogens with zero attached hydrogens (tertiary/aromatic N) is 2. The number of aliphatic hydroxyl groups is 4. The molecule has 12 heteroatoms. The number of likely N-dealkylation sites (tertiary alicyclic amines) is 1. The molecule has 2 aromatic rings. The minimum absolute atomic E-state index is 0.0388. The Labute approximate surface area is 256 Å². The van der Waals surface area contributed by atoms with Crippen molar-refractivity contribution < 1.29 is 39.6 Å². The van der Waals surface area contributed by atoms with Crippen molar-refractivity contribution in [3.05, 3.63) is 65.7 Å². The lowest BCUT2D eigenvalue weighted by Crippen LogP contribution is -2.44. The van der Waals surface area contributed by atoms with E-state index in [0.29, 0.717) is 23.5 Å². The molecule has 1 saturated heterocycles. The lowest BCUT2D eigenvalue weighted by atomic mass is 9.82. The van der Waals surface area contributed by atoms with Gasteiger partial charge in [0.15, 0.2) is 5.60 Å². The van der Waals surface area contributed by atoms with Crippen LogP contribution in [0.1, 0.15) is 51.2 Å². The average molecular weight is 609 g/mol. The summed E-state index contributed by atoms with van der Waals surface area (Å²) < 4.78 is 0. The molecule has 0 spiro atoms. The molecule has 4 rings (SSSR count). The van der Waals surface area contributed by atoms with E-state index >= 15 is 0 Å². The van der Waals surface area contributed by atoms with Crippen LogP contribution in [0.3, 0.4) is 0 Å². The molecule has 44 heavy (non-hydrogen) atoms. The predicted molar refractivity (Wildman–Crippen MR) is 163 cm³/mol. The second kappa shape index (κ2) is 13.7. The van der Waals surface area contributed by atoms with Crippen LogP contribution in [0.2, 0.25) is 0 Å². The average Bonchev–Trinajstić information content (AvgIpc) is 3.55. The van der Waals surface area contributed by atoms with Gasteiger partial charge in [0, 0.05) is 35.8 Å². The van der Waals surface area contributed by atoms with Crippen molar-refractivity contribution in [2.75, 3.05) is 28.7 Å². The SMILES string of the molecule is C[C@H](O)C(=O)Nc1cccc(CN2C(=O)[C@@](O)([C@@H](C)/C=C/CC(=O)N3CCC[C@H]3CO)c3cc(NC(=O)[C@H](C)O)ccc32)c1. The summed E-state index contributed by atoms with van der Waals surface area (Å²) in [7, 11) is 0. The van der Waals surface area contributed by atoms with E-state index in [1.165, 1.54) is 24.8 Å². The number of rotatable bonds is 11. The van der Waals surface area contributed by atoms with Gasteiger partial charge in [0.2, 0.25) is 5.91 Å². The monoisotopic (exact) mass is 608 g/mol. The van der Waals surface area contributed by atoms with Crippen LogP contribution in [0.4, 0.5) is 17.1 Å². The first-order valence-electron chi connectivity index (χ1n) is 14.7. The molecule has 2 heterocycles. The number of aliphatic hydroxyl groups excluding tert-OH is 3. The lowest BCUT2D eigenvalue weighted by molar-refractivity contribution is -0.139. The van der Waals surface area contributed by atoms with Crippen LogP contribution in [0.15, 0.2) is 54.6 Å². The standard InChI is InChI=1S/C32H40N4O8/c1-19(7-4-11-28(40)35-14-6-10-25(35)18-37)32(44)26-16-24(34-30(42)21(3)39)12-13-27(26)36(31(32)43)17-22-8-5-9-23(15-22)33-29(41)20(2)38/h4-5,7-9,12-13,15-16,19-21,25,37-39,44H,6,10-11,14,17-18H2,1-3H3,(H,33,41)(H,34,42)/b7-4+/t19-,20-,21-,25-,32+/m0/s1. The van der Waals surface area contributed by atoms with Crippen molar-refractivity contribution in [1.29, 1.82) is 0 Å². The summed E-state index contributed by atoms with van der Waals surface area (Å²) in [5.74, 6) is -2.80. The molecule has 12 nitrogen and oxygen atoms in total. The molecule has 5 atom stereocenters. The number of hydrogen-bond acceptors (Lipinski definition) is 8. The van der Waals surface area contributed by atoms with Gasteiger partial charge in [-0.3, -0.25) is 19.2 Å². The molecule has 2 aromatic carbocycles. The van der Waals surface area contributed by atoms with Crippen LogP contribution in [0.25, 0.3) is 0 Å². The Hall–Kier alpha value is -4.10. The van der Waals surface area contributed by atoms with E-state index in [1.54, 1.807) is 60.4 Å². The van der Waals surface area contributed by atoms with Crippen LogP contribution in [-0.4, -0.2) is 80.4 Å². The fraction of sp³-hybridized carbons (Fsp3) is 0.438. The third-order valence-electron chi connectivity index (χ3n) is 8.12. The number of anilines is 3. The number of hydrogen-bond donors (Lipinski definition) is 6. The first-order chi connectivity index (χ1) is 20.9. The second-order valence-electron chi connectivity index (χ2n) is 11.4. The Balaban J connectivity index is 1.63. The maximum Gasteiger partial charge on any atom is 0.264 e. The van der Waals surface area contributed by atoms with E-state index in [1.807, 2.05) is 0 Å². The van der Waals surface area contributed by atoms with E-state index in [-0.39, 0.29) is 42.8 Å². The molecule has 236 valence electrons. The fourth-order valence-corrected chi connectivity index (χ4v) is 5.59. The molecule has 0 unspecified atom stereocenters. The highest BCUT2D eigenvalue weighted by molar-refractivity contribution is 6.08.